The molecule has 0 bridgehead atoms. The molecular formula is C14H20N4. The van der Waals surface area contributed by atoms with E-state index in [0.29, 0.717) is 0 Å². The van der Waals surface area contributed by atoms with Crippen molar-refractivity contribution >= 4 is 11.2 Å². The average Bonchev–Trinajstić information content (AvgIpc) is 2.81. The van der Waals surface area contributed by atoms with Crippen molar-refractivity contribution in [3.63, 3.8) is 0 Å². The van der Waals surface area contributed by atoms with Gasteiger partial charge in [-0.05, 0) is 32.0 Å². The molecule has 1 saturated carbocycles. The van der Waals surface area contributed by atoms with Crippen molar-refractivity contribution in [1.29, 1.82) is 0 Å². The van der Waals surface area contributed by atoms with E-state index in [1.807, 2.05) is 12.1 Å². The minimum Gasteiger partial charge on any atom is -0.341 e. The van der Waals surface area contributed by atoms with E-state index in [9.17, 15) is 0 Å². The second kappa shape index (κ2) is 4.69. The first-order valence-corrected chi connectivity index (χ1v) is 6.80. The lowest BCUT2D eigenvalue weighted by atomic mass is 9.79. The molecule has 0 aromatic carbocycles. The highest BCUT2D eigenvalue weighted by Gasteiger charge is 2.31. The van der Waals surface area contributed by atoms with Gasteiger partial charge in [0.15, 0.2) is 5.65 Å². The molecule has 2 heterocycles. The number of aromatic amines is 1. The highest BCUT2D eigenvalue weighted by molar-refractivity contribution is 5.69. The van der Waals surface area contributed by atoms with Crippen molar-refractivity contribution < 1.29 is 0 Å². The third kappa shape index (κ3) is 2.12. The summed E-state index contributed by atoms with van der Waals surface area (Å²) in [5, 5.41) is 3.53. The molecule has 2 aromatic rings. The van der Waals surface area contributed by atoms with Crippen LogP contribution in [0.4, 0.5) is 0 Å². The molecule has 1 aliphatic rings. The van der Waals surface area contributed by atoms with Crippen molar-refractivity contribution in [3.8, 4) is 0 Å². The van der Waals surface area contributed by atoms with Crippen LogP contribution in [0.25, 0.3) is 11.2 Å². The molecule has 0 unspecified atom stereocenters. The fourth-order valence-corrected chi connectivity index (χ4v) is 3.04. The van der Waals surface area contributed by atoms with E-state index in [4.69, 9.17) is 0 Å². The molecule has 2 N–H and O–H groups in total. The van der Waals surface area contributed by atoms with Crippen molar-refractivity contribution in [2.45, 2.75) is 44.1 Å². The lowest BCUT2D eigenvalue weighted by Gasteiger charge is -2.36. The predicted molar refractivity (Wildman–Crippen MR) is 72.5 cm³/mol. The van der Waals surface area contributed by atoms with Crippen LogP contribution in [0, 0.1) is 0 Å². The van der Waals surface area contributed by atoms with Crippen LogP contribution < -0.4 is 5.32 Å². The van der Waals surface area contributed by atoms with Gasteiger partial charge < -0.3 is 10.3 Å². The molecular weight excluding hydrogens is 224 g/mol. The van der Waals surface area contributed by atoms with Gasteiger partial charge in [-0.1, -0.05) is 19.3 Å². The molecule has 2 aromatic heterocycles. The predicted octanol–water partition coefficient (Wildman–Crippen LogP) is 2.42. The van der Waals surface area contributed by atoms with Gasteiger partial charge in [0.2, 0.25) is 0 Å². The third-order valence-corrected chi connectivity index (χ3v) is 4.15. The van der Waals surface area contributed by atoms with E-state index >= 15 is 0 Å². The molecule has 0 saturated heterocycles. The Morgan fingerprint density at radius 1 is 1.33 bits per heavy atom. The smallest absolute Gasteiger partial charge is 0.177 e. The zero-order valence-electron chi connectivity index (χ0n) is 10.9. The molecule has 96 valence electrons. The van der Waals surface area contributed by atoms with Crippen LogP contribution in [0.1, 0.15) is 37.9 Å². The number of rotatable bonds is 3. The van der Waals surface area contributed by atoms with Crippen molar-refractivity contribution in [3.05, 3.63) is 24.2 Å². The normalized spacial score (nSPS) is 19.2. The largest absolute Gasteiger partial charge is 0.341 e. The summed E-state index contributed by atoms with van der Waals surface area (Å²) in [6, 6.07) is 3.98. The van der Waals surface area contributed by atoms with E-state index in [-0.39, 0.29) is 5.54 Å². The number of pyridine rings is 1. The first kappa shape index (κ1) is 11.7. The molecule has 1 fully saturated rings. The molecule has 0 radical (unpaired) electrons. The number of imidazole rings is 1. The zero-order valence-corrected chi connectivity index (χ0v) is 10.9. The lowest BCUT2D eigenvalue weighted by molar-refractivity contribution is 0.241. The summed E-state index contributed by atoms with van der Waals surface area (Å²) in [5.74, 6) is 1.06. The highest BCUT2D eigenvalue weighted by Crippen LogP contribution is 2.30. The van der Waals surface area contributed by atoms with Gasteiger partial charge in [0.05, 0.1) is 5.52 Å². The van der Waals surface area contributed by atoms with Crippen molar-refractivity contribution in [1.82, 2.24) is 20.3 Å². The van der Waals surface area contributed by atoms with Gasteiger partial charge in [0, 0.05) is 18.2 Å². The number of H-pyrrole nitrogens is 1. The van der Waals surface area contributed by atoms with Crippen LogP contribution in [0.15, 0.2) is 18.3 Å². The second-order valence-corrected chi connectivity index (χ2v) is 5.33. The van der Waals surface area contributed by atoms with Crippen LogP contribution in [-0.4, -0.2) is 27.5 Å². The molecule has 0 aliphatic heterocycles. The summed E-state index contributed by atoms with van der Waals surface area (Å²) < 4.78 is 0. The van der Waals surface area contributed by atoms with E-state index in [1.54, 1.807) is 6.20 Å². The summed E-state index contributed by atoms with van der Waals surface area (Å²) in [5.41, 5.74) is 2.09. The summed E-state index contributed by atoms with van der Waals surface area (Å²) in [6.45, 7) is 0. The number of hydrogen-bond donors (Lipinski definition) is 2. The Bertz CT molecular complexity index is 492. The van der Waals surface area contributed by atoms with Gasteiger partial charge in [-0.15, -0.1) is 0 Å². The summed E-state index contributed by atoms with van der Waals surface area (Å²) in [6.07, 6.45) is 9.26. The number of nitrogens with one attached hydrogen (secondary N) is 2. The topological polar surface area (TPSA) is 53.6 Å². The SMILES string of the molecule is CNC1(Cc2nc3ncccc3[nH]2)CCCCC1. The Labute approximate surface area is 107 Å². The van der Waals surface area contributed by atoms with Gasteiger partial charge >= 0.3 is 0 Å². The highest BCUT2D eigenvalue weighted by atomic mass is 15.0. The molecule has 0 spiro atoms. The fourth-order valence-electron chi connectivity index (χ4n) is 3.04. The van der Waals surface area contributed by atoms with E-state index in [2.05, 4.69) is 27.3 Å². The monoisotopic (exact) mass is 244 g/mol. The minimum absolute atomic E-state index is 0.228. The molecule has 4 heteroatoms. The van der Waals surface area contributed by atoms with Gasteiger partial charge in [-0.25, -0.2) is 9.97 Å². The van der Waals surface area contributed by atoms with Crippen LogP contribution in [-0.2, 0) is 6.42 Å². The Hall–Kier alpha value is -1.42. The number of aromatic nitrogens is 3. The minimum atomic E-state index is 0.228. The summed E-state index contributed by atoms with van der Waals surface area (Å²) in [4.78, 5) is 12.3. The molecule has 0 amide bonds. The lowest BCUT2D eigenvalue weighted by Crippen LogP contribution is -2.46. The van der Waals surface area contributed by atoms with Crippen molar-refractivity contribution in [2.75, 3.05) is 7.05 Å². The average molecular weight is 244 g/mol. The van der Waals surface area contributed by atoms with Gasteiger partial charge in [-0.3, -0.25) is 0 Å². The van der Waals surface area contributed by atoms with Crippen LogP contribution >= 0.6 is 0 Å². The van der Waals surface area contributed by atoms with Gasteiger partial charge in [-0.2, -0.15) is 0 Å². The van der Waals surface area contributed by atoms with E-state index in [0.717, 1.165) is 23.4 Å². The Morgan fingerprint density at radius 3 is 2.89 bits per heavy atom. The number of hydrogen-bond acceptors (Lipinski definition) is 3. The summed E-state index contributed by atoms with van der Waals surface area (Å²) >= 11 is 0. The van der Waals surface area contributed by atoms with E-state index in [1.165, 1.54) is 32.1 Å². The second-order valence-electron chi connectivity index (χ2n) is 5.33. The maximum Gasteiger partial charge on any atom is 0.177 e. The molecule has 3 rings (SSSR count). The van der Waals surface area contributed by atoms with Gasteiger partial charge in [0.1, 0.15) is 5.82 Å². The van der Waals surface area contributed by atoms with Crippen LogP contribution in [0.5, 0.6) is 0 Å². The molecule has 0 atom stereocenters. The van der Waals surface area contributed by atoms with Crippen LogP contribution in [0.3, 0.4) is 0 Å². The fraction of sp³-hybridized carbons (Fsp3) is 0.571. The molecule has 1 aliphatic carbocycles. The van der Waals surface area contributed by atoms with Gasteiger partial charge in [0.25, 0.3) is 0 Å². The number of likely N-dealkylation sites (N-methyl/N-ethyl adjacent to an activating group) is 1. The summed E-state index contributed by atoms with van der Waals surface area (Å²) in [7, 11) is 2.08. The maximum atomic E-state index is 4.59. The molecule has 4 nitrogen and oxygen atoms in total. The Morgan fingerprint density at radius 2 is 2.17 bits per heavy atom. The maximum absolute atomic E-state index is 4.59. The first-order chi connectivity index (χ1) is 8.81. The quantitative estimate of drug-likeness (QED) is 0.872. The van der Waals surface area contributed by atoms with E-state index < -0.39 is 0 Å². The standard InChI is InChI=1S/C14H20N4/c1-15-14(7-3-2-4-8-14)10-12-17-11-6-5-9-16-13(11)18-12/h5-6,9,15H,2-4,7-8,10H2,1H3,(H,16,17,18). The first-order valence-electron chi connectivity index (χ1n) is 6.80. The third-order valence-electron chi connectivity index (χ3n) is 4.15. The number of nitrogens with zero attached hydrogens (tertiary/aromatic N) is 2. The zero-order chi connectivity index (χ0) is 12.4. The van der Waals surface area contributed by atoms with Crippen molar-refractivity contribution in [2.24, 2.45) is 0 Å². The molecule has 18 heavy (non-hydrogen) atoms. The Kier molecular flexibility index (Phi) is 3.04. The Balaban J connectivity index is 1.85. The van der Waals surface area contributed by atoms with Crippen LogP contribution in [0.2, 0.25) is 0 Å². The number of fused-ring (bicyclic) bond motifs is 1.